The molecule has 0 bridgehead atoms. The Morgan fingerprint density at radius 3 is 2.70 bits per heavy atom. The van der Waals surface area contributed by atoms with Gasteiger partial charge >= 0.3 is 6.18 Å². The van der Waals surface area contributed by atoms with Crippen LogP contribution in [-0.4, -0.2) is 31.8 Å². The summed E-state index contributed by atoms with van der Waals surface area (Å²) in [6, 6.07) is 8.03. The van der Waals surface area contributed by atoms with Crippen LogP contribution in [0.4, 0.5) is 13.2 Å². The summed E-state index contributed by atoms with van der Waals surface area (Å²) in [7, 11) is 0. The summed E-state index contributed by atoms with van der Waals surface area (Å²) in [6.45, 7) is 1.23. The third-order valence-electron chi connectivity index (χ3n) is 5.67. The quantitative estimate of drug-likeness (QED) is 0.441. The van der Waals surface area contributed by atoms with E-state index in [-0.39, 0.29) is 17.9 Å². The van der Waals surface area contributed by atoms with E-state index in [4.69, 9.17) is 4.42 Å². The second-order valence-corrected chi connectivity index (χ2v) is 7.80. The molecule has 3 aromatic heterocycles. The maximum absolute atomic E-state index is 13.7. The number of benzene rings is 1. The normalized spacial score (nSPS) is 12.9. The Morgan fingerprint density at radius 2 is 1.97 bits per heavy atom. The SMILES string of the molecule is O=C(NCCCn1ccnc1)c1ccc(-n2nc(C(F)(F)F)c3c2-c2ccoc2CC3)cc1. The molecule has 1 N–H and O–H groups in total. The monoisotopic (exact) mass is 455 g/mol. The number of fused-ring (bicyclic) bond motifs is 3. The number of amides is 1. The van der Waals surface area contributed by atoms with E-state index in [1.54, 1.807) is 42.9 Å². The van der Waals surface area contributed by atoms with E-state index < -0.39 is 11.9 Å². The highest BCUT2D eigenvalue weighted by atomic mass is 19.4. The molecule has 1 aromatic carbocycles. The smallest absolute Gasteiger partial charge is 0.435 e. The maximum atomic E-state index is 13.7. The number of alkyl halides is 3. The number of aromatic nitrogens is 4. The first-order chi connectivity index (χ1) is 15.9. The third-order valence-corrected chi connectivity index (χ3v) is 5.67. The Kier molecular flexibility index (Phi) is 5.27. The van der Waals surface area contributed by atoms with Crippen LogP contribution in [-0.2, 0) is 25.6 Å². The number of hydrogen-bond donors (Lipinski definition) is 1. The molecule has 170 valence electrons. The maximum Gasteiger partial charge on any atom is 0.435 e. The van der Waals surface area contributed by atoms with Crippen LogP contribution in [0.25, 0.3) is 16.9 Å². The Labute approximate surface area is 186 Å². The number of rotatable bonds is 6. The first kappa shape index (κ1) is 21.0. The number of hydrogen-bond acceptors (Lipinski definition) is 4. The lowest BCUT2D eigenvalue weighted by atomic mass is 9.94. The molecular weight excluding hydrogens is 435 g/mol. The molecular formula is C23H20F3N5O2. The second kappa shape index (κ2) is 8.27. The molecule has 0 spiro atoms. The summed E-state index contributed by atoms with van der Waals surface area (Å²) in [5, 5.41) is 6.76. The van der Waals surface area contributed by atoms with Crippen LogP contribution >= 0.6 is 0 Å². The van der Waals surface area contributed by atoms with Crippen LogP contribution in [0.1, 0.15) is 33.8 Å². The fraction of sp³-hybridized carbons (Fsp3) is 0.261. The average molecular weight is 455 g/mol. The number of imidazole rings is 1. The highest BCUT2D eigenvalue weighted by Gasteiger charge is 2.41. The number of carbonyl (C=O) groups is 1. The molecule has 0 saturated carbocycles. The number of nitrogens with zero attached hydrogens (tertiary/aromatic N) is 4. The lowest BCUT2D eigenvalue weighted by Crippen LogP contribution is -2.25. The van der Waals surface area contributed by atoms with E-state index >= 15 is 0 Å². The third kappa shape index (κ3) is 4.04. The van der Waals surface area contributed by atoms with Gasteiger partial charge in [-0.2, -0.15) is 18.3 Å². The van der Waals surface area contributed by atoms with Crippen molar-refractivity contribution in [1.29, 1.82) is 0 Å². The number of carbonyl (C=O) groups excluding carboxylic acids is 1. The Balaban J connectivity index is 1.36. The van der Waals surface area contributed by atoms with Crippen LogP contribution in [0, 0.1) is 0 Å². The molecule has 1 aliphatic rings. The van der Waals surface area contributed by atoms with Gasteiger partial charge in [0.25, 0.3) is 5.91 Å². The van der Waals surface area contributed by atoms with E-state index in [9.17, 15) is 18.0 Å². The lowest BCUT2D eigenvalue weighted by molar-refractivity contribution is -0.142. The highest BCUT2D eigenvalue weighted by molar-refractivity contribution is 5.94. The van der Waals surface area contributed by atoms with Crippen LogP contribution in [0.3, 0.4) is 0 Å². The van der Waals surface area contributed by atoms with Gasteiger partial charge in [-0.05, 0) is 43.2 Å². The zero-order valence-electron chi connectivity index (χ0n) is 17.5. The first-order valence-corrected chi connectivity index (χ1v) is 10.5. The standard InChI is InChI=1S/C23H20F3N5O2/c24-23(25,26)21-18-6-7-19-17(8-13-33-19)20(18)31(29-21)16-4-2-15(3-5-16)22(32)28-9-1-11-30-12-10-27-14-30/h2-5,8,10,12-14H,1,6-7,9,11H2,(H,28,32). The topological polar surface area (TPSA) is 77.9 Å². The first-order valence-electron chi connectivity index (χ1n) is 10.5. The van der Waals surface area contributed by atoms with Gasteiger partial charge in [-0.1, -0.05) is 0 Å². The van der Waals surface area contributed by atoms with Gasteiger partial charge in [0.2, 0.25) is 0 Å². The van der Waals surface area contributed by atoms with E-state index in [1.165, 1.54) is 10.9 Å². The van der Waals surface area contributed by atoms with Gasteiger partial charge in [0.1, 0.15) is 5.76 Å². The van der Waals surface area contributed by atoms with Gasteiger partial charge < -0.3 is 14.3 Å². The van der Waals surface area contributed by atoms with Crippen molar-refractivity contribution in [3.63, 3.8) is 0 Å². The molecule has 0 unspecified atom stereocenters. The summed E-state index contributed by atoms with van der Waals surface area (Å²) in [5.74, 6) is 0.395. The molecule has 0 radical (unpaired) electrons. The summed E-state index contributed by atoms with van der Waals surface area (Å²) in [5.41, 5.74) is 1.13. The van der Waals surface area contributed by atoms with Crippen LogP contribution in [0.2, 0.25) is 0 Å². The van der Waals surface area contributed by atoms with Crippen molar-refractivity contribution in [3.8, 4) is 16.9 Å². The zero-order valence-corrected chi connectivity index (χ0v) is 17.5. The van der Waals surface area contributed by atoms with Gasteiger partial charge in [-0.25, -0.2) is 9.67 Å². The Morgan fingerprint density at radius 1 is 1.15 bits per heavy atom. The molecule has 5 rings (SSSR count). The van der Waals surface area contributed by atoms with Crippen LogP contribution in [0.5, 0.6) is 0 Å². The van der Waals surface area contributed by atoms with Gasteiger partial charge in [0.05, 0.1) is 24.0 Å². The lowest BCUT2D eigenvalue weighted by Gasteiger charge is -2.15. The predicted octanol–water partition coefficient (Wildman–Crippen LogP) is 4.27. The summed E-state index contributed by atoms with van der Waals surface area (Å²) >= 11 is 0. The number of nitrogens with one attached hydrogen (secondary N) is 1. The molecule has 0 fully saturated rings. The predicted molar refractivity (Wildman–Crippen MR) is 113 cm³/mol. The van der Waals surface area contributed by atoms with Crippen LogP contribution < -0.4 is 5.32 Å². The van der Waals surface area contributed by atoms with Crippen molar-refractivity contribution in [2.45, 2.75) is 32.0 Å². The van der Waals surface area contributed by atoms with E-state index in [0.29, 0.717) is 41.2 Å². The van der Waals surface area contributed by atoms with Crippen LogP contribution in [0.15, 0.2) is 59.7 Å². The minimum Gasteiger partial charge on any atom is -0.469 e. The van der Waals surface area contributed by atoms with E-state index in [1.807, 2.05) is 10.8 Å². The van der Waals surface area contributed by atoms with Gasteiger partial charge in [0, 0.05) is 48.6 Å². The molecule has 33 heavy (non-hydrogen) atoms. The number of furan rings is 1. The largest absolute Gasteiger partial charge is 0.469 e. The summed E-state index contributed by atoms with van der Waals surface area (Å²) in [4.78, 5) is 16.4. The molecule has 1 amide bonds. The fourth-order valence-electron chi connectivity index (χ4n) is 4.10. The van der Waals surface area contributed by atoms with Crippen molar-refractivity contribution in [2.24, 2.45) is 0 Å². The Hall–Kier alpha value is -3.82. The summed E-state index contributed by atoms with van der Waals surface area (Å²) < 4.78 is 49.6. The van der Waals surface area contributed by atoms with Crippen molar-refractivity contribution in [2.75, 3.05) is 6.54 Å². The van der Waals surface area contributed by atoms with Crippen molar-refractivity contribution in [1.82, 2.24) is 24.6 Å². The van der Waals surface area contributed by atoms with Crippen molar-refractivity contribution in [3.05, 3.63) is 77.9 Å². The number of aryl methyl sites for hydroxylation is 2. The molecule has 4 aromatic rings. The average Bonchev–Trinajstić information content (AvgIpc) is 3.55. The molecule has 0 saturated heterocycles. The minimum atomic E-state index is -4.56. The van der Waals surface area contributed by atoms with Gasteiger partial charge in [-0.3, -0.25) is 4.79 Å². The van der Waals surface area contributed by atoms with Gasteiger partial charge in [0.15, 0.2) is 5.69 Å². The fourth-order valence-corrected chi connectivity index (χ4v) is 4.10. The summed E-state index contributed by atoms with van der Waals surface area (Å²) in [6.07, 6.45) is 3.51. The van der Waals surface area contributed by atoms with Gasteiger partial charge in [-0.15, -0.1) is 0 Å². The Bertz CT molecular complexity index is 1270. The second-order valence-electron chi connectivity index (χ2n) is 7.80. The van der Waals surface area contributed by atoms with Crippen molar-refractivity contribution >= 4 is 5.91 Å². The molecule has 7 nitrogen and oxygen atoms in total. The molecule has 1 aliphatic carbocycles. The number of halogens is 3. The molecule has 0 aliphatic heterocycles. The molecule has 10 heteroatoms. The van der Waals surface area contributed by atoms with E-state index in [0.717, 1.165) is 13.0 Å². The van der Waals surface area contributed by atoms with Crippen molar-refractivity contribution < 1.29 is 22.4 Å². The molecule has 0 atom stereocenters. The zero-order chi connectivity index (χ0) is 23.0. The minimum absolute atomic E-state index is 0.163. The highest BCUT2D eigenvalue weighted by Crippen LogP contribution is 2.42. The molecule has 3 heterocycles. The van der Waals surface area contributed by atoms with E-state index in [2.05, 4.69) is 15.4 Å².